The Morgan fingerprint density at radius 1 is 0.920 bits per heavy atom. The van der Waals surface area contributed by atoms with E-state index >= 15 is 0 Å². The van der Waals surface area contributed by atoms with E-state index in [0.29, 0.717) is 0 Å². The number of benzene rings is 1. The fraction of sp³-hybridized carbons (Fsp3) is 0.636. The first-order chi connectivity index (χ1) is 11.5. The fourth-order valence-electron chi connectivity index (χ4n) is 3.53. The van der Waals surface area contributed by atoms with Crippen LogP contribution in [0.15, 0.2) is 30.8 Å². The lowest BCUT2D eigenvalue weighted by molar-refractivity contribution is -0.0263. The zero-order valence-corrected chi connectivity index (χ0v) is 18.4. The first kappa shape index (κ1) is 24.6. The van der Waals surface area contributed by atoms with Gasteiger partial charge < -0.3 is 5.11 Å². The summed E-state index contributed by atoms with van der Waals surface area (Å²) in [5.41, 5.74) is 1.71. The fourth-order valence-corrected chi connectivity index (χ4v) is 4.21. The van der Waals surface area contributed by atoms with Crippen molar-refractivity contribution in [1.29, 1.82) is 0 Å². The molecule has 0 bridgehead atoms. The molecule has 0 saturated heterocycles. The van der Waals surface area contributed by atoms with Crippen molar-refractivity contribution in [3.63, 3.8) is 0 Å². The highest BCUT2D eigenvalue weighted by atomic mass is 35.5. The van der Waals surface area contributed by atoms with Crippen LogP contribution >= 0.6 is 21.6 Å². The van der Waals surface area contributed by atoms with E-state index in [1.54, 1.807) is 0 Å². The van der Waals surface area contributed by atoms with E-state index in [2.05, 4.69) is 60.9 Å². The molecule has 1 nitrogen and oxygen atoms in total. The summed E-state index contributed by atoms with van der Waals surface area (Å²) in [6.45, 7) is 10.5. The van der Waals surface area contributed by atoms with Crippen molar-refractivity contribution in [3.05, 3.63) is 42.0 Å². The number of hydrogen-bond acceptors (Lipinski definition) is 1. The molecule has 0 spiro atoms. The van der Waals surface area contributed by atoms with E-state index in [1.165, 1.54) is 5.56 Å². The highest BCUT2D eigenvalue weighted by Crippen LogP contribution is 2.50. The van der Waals surface area contributed by atoms with E-state index in [4.69, 9.17) is 0 Å². The van der Waals surface area contributed by atoms with Gasteiger partial charge in [-0.2, -0.15) is 0 Å². The first-order valence-electron chi connectivity index (χ1n) is 9.71. The van der Waals surface area contributed by atoms with Crippen LogP contribution in [0, 0.1) is 0 Å². The van der Waals surface area contributed by atoms with E-state index in [9.17, 15) is 5.11 Å². The normalized spacial score (nSPS) is 13.8. The van der Waals surface area contributed by atoms with E-state index in [1.807, 2.05) is 6.08 Å². The maximum Gasteiger partial charge on any atom is 0.0777 e. The molecule has 0 fully saturated rings. The van der Waals surface area contributed by atoms with Gasteiger partial charge in [-0.15, -0.1) is 21.6 Å². The van der Waals surface area contributed by atoms with Gasteiger partial charge in [0, 0.05) is 5.16 Å². The molecule has 0 aliphatic heterocycles. The molecule has 0 heterocycles. The average molecular weight is 385 g/mol. The molecule has 2 unspecified atom stereocenters. The van der Waals surface area contributed by atoms with Crippen molar-refractivity contribution in [3.8, 4) is 0 Å². The van der Waals surface area contributed by atoms with Gasteiger partial charge in [-0.3, -0.25) is 0 Å². The summed E-state index contributed by atoms with van der Waals surface area (Å²) in [7, 11) is 3.07. The molecule has 0 aromatic heterocycles. The van der Waals surface area contributed by atoms with Crippen LogP contribution in [0.5, 0.6) is 0 Å². The van der Waals surface area contributed by atoms with E-state index in [0.717, 1.165) is 63.4 Å². The quantitative estimate of drug-likeness (QED) is 0.380. The molecule has 3 heteroatoms. The molecule has 0 aliphatic rings. The predicted molar refractivity (Wildman–Crippen MR) is 119 cm³/mol. The van der Waals surface area contributed by atoms with Crippen LogP contribution < -0.4 is 0 Å². The number of aliphatic hydroxyl groups is 1. The minimum Gasteiger partial charge on any atom is -0.389 e. The van der Waals surface area contributed by atoms with Crippen LogP contribution in [-0.4, -0.2) is 10.7 Å². The summed E-state index contributed by atoms with van der Waals surface area (Å²) in [5.74, 6) is 0. The minimum atomic E-state index is -0.658. The third-order valence-corrected chi connectivity index (χ3v) is 6.46. The zero-order chi connectivity index (χ0) is 18.1. The van der Waals surface area contributed by atoms with E-state index < -0.39 is 5.60 Å². The second kappa shape index (κ2) is 12.1. The Hall–Kier alpha value is -0.360. The van der Waals surface area contributed by atoms with Gasteiger partial charge in [0.05, 0.1) is 5.60 Å². The molecule has 1 N–H and O–H groups in total. The predicted octanol–water partition coefficient (Wildman–Crippen LogP) is 7.12. The van der Waals surface area contributed by atoms with Gasteiger partial charge in [-0.1, -0.05) is 96.2 Å². The topological polar surface area (TPSA) is 20.2 Å². The van der Waals surface area contributed by atoms with Crippen molar-refractivity contribution < 1.29 is 5.11 Å². The second-order valence-electron chi connectivity index (χ2n) is 7.14. The lowest BCUT2D eigenvalue weighted by atomic mass is 9.72. The van der Waals surface area contributed by atoms with E-state index in [-0.39, 0.29) is 17.6 Å². The standard InChI is InChI=1S/C22H37OP.ClH/c1-5-9-16-21(23,17-10-6-2)22(24,18-11-7-3)20-14-12-19(8-4)13-15-20;/h8,12-15,23H,4-7,9-11,16-18,24H2,1-3H3;1H. The third-order valence-electron chi connectivity index (χ3n) is 5.30. The highest BCUT2D eigenvalue weighted by molar-refractivity contribution is 7.18. The molecular weight excluding hydrogens is 347 g/mol. The van der Waals surface area contributed by atoms with Crippen LogP contribution in [0.2, 0.25) is 0 Å². The molecule has 1 rings (SSSR count). The third kappa shape index (κ3) is 6.38. The van der Waals surface area contributed by atoms with Gasteiger partial charge in [-0.25, -0.2) is 0 Å². The molecule has 0 saturated carbocycles. The van der Waals surface area contributed by atoms with Gasteiger partial charge in [-0.05, 0) is 30.4 Å². The van der Waals surface area contributed by atoms with Gasteiger partial charge >= 0.3 is 0 Å². The van der Waals surface area contributed by atoms with Crippen LogP contribution in [0.4, 0.5) is 0 Å². The molecule has 0 amide bonds. The van der Waals surface area contributed by atoms with Crippen molar-refractivity contribution in [2.24, 2.45) is 0 Å². The van der Waals surface area contributed by atoms with Crippen LogP contribution in [0.25, 0.3) is 6.08 Å². The molecule has 25 heavy (non-hydrogen) atoms. The van der Waals surface area contributed by atoms with Gasteiger partial charge in [0.15, 0.2) is 0 Å². The first-order valence-corrected chi connectivity index (χ1v) is 10.3. The minimum absolute atomic E-state index is 0. The van der Waals surface area contributed by atoms with Crippen LogP contribution in [-0.2, 0) is 5.16 Å². The lowest BCUT2D eigenvalue weighted by Crippen LogP contribution is -2.47. The molecule has 2 atom stereocenters. The van der Waals surface area contributed by atoms with Crippen molar-refractivity contribution in [2.45, 2.75) is 89.3 Å². The largest absolute Gasteiger partial charge is 0.389 e. The summed E-state index contributed by atoms with van der Waals surface area (Å²) >= 11 is 0. The Labute approximate surface area is 164 Å². The summed E-state index contributed by atoms with van der Waals surface area (Å²) in [4.78, 5) is 0. The number of hydrogen-bond donors (Lipinski definition) is 1. The molecular formula is C22H38ClOP. The Kier molecular flexibility index (Phi) is 11.9. The van der Waals surface area contributed by atoms with Crippen molar-refractivity contribution >= 4 is 27.7 Å². The smallest absolute Gasteiger partial charge is 0.0777 e. The highest BCUT2D eigenvalue weighted by Gasteiger charge is 2.46. The Morgan fingerprint density at radius 2 is 1.36 bits per heavy atom. The van der Waals surface area contributed by atoms with Crippen molar-refractivity contribution in [1.82, 2.24) is 0 Å². The summed E-state index contributed by atoms with van der Waals surface area (Å²) in [6.07, 6.45) is 11.3. The van der Waals surface area contributed by atoms with Crippen molar-refractivity contribution in [2.75, 3.05) is 0 Å². The molecule has 1 aromatic carbocycles. The number of halogens is 1. The summed E-state index contributed by atoms with van der Waals surface area (Å²) < 4.78 is 0. The van der Waals surface area contributed by atoms with Crippen LogP contribution in [0.1, 0.15) is 89.7 Å². The maximum atomic E-state index is 11.8. The SMILES string of the molecule is C=Cc1ccc(C(P)(CCCC)C(O)(CCCC)CCCC)cc1.Cl. The molecule has 144 valence electrons. The number of unbranched alkanes of at least 4 members (excludes halogenated alkanes) is 3. The Morgan fingerprint density at radius 3 is 1.76 bits per heavy atom. The Balaban J connectivity index is 0.00000576. The molecule has 0 radical (unpaired) electrons. The number of rotatable bonds is 12. The summed E-state index contributed by atoms with van der Waals surface area (Å²) in [5, 5.41) is 11.5. The van der Waals surface area contributed by atoms with Crippen LogP contribution in [0.3, 0.4) is 0 Å². The Bertz CT molecular complexity index is 477. The van der Waals surface area contributed by atoms with Gasteiger partial charge in [0.25, 0.3) is 0 Å². The second-order valence-corrected chi connectivity index (χ2v) is 8.13. The maximum absolute atomic E-state index is 11.8. The van der Waals surface area contributed by atoms with Gasteiger partial charge in [0.1, 0.15) is 0 Å². The zero-order valence-electron chi connectivity index (χ0n) is 16.4. The average Bonchev–Trinajstić information content (AvgIpc) is 2.62. The molecule has 1 aromatic rings. The lowest BCUT2D eigenvalue weighted by Gasteiger charge is -2.46. The van der Waals surface area contributed by atoms with Gasteiger partial charge in [0.2, 0.25) is 0 Å². The summed E-state index contributed by atoms with van der Waals surface area (Å²) in [6, 6.07) is 8.60. The molecule has 0 aliphatic carbocycles. The monoisotopic (exact) mass is 384 g/mol.